The number of carbonyl (C=O) groups is 1. The van der Waals surface area contributed by atoms with E-state index in [9.17, 15) is 4.79 Å². The number of unbranched alkanes of at least 4 members (excludes halogenated alkanes) is 1. The quantitative estimate of drug-likeness (QED) is 0.548. The van der Waals surface area contributed by atoms with Crippen LogP contribution in [0, 0.1) is 5.92 Å². The Bertz CT molecular complexity index is 605. The van der Waals surface area contributed by atoms with Crippen LogP contribution in [-0.4, -0.2) is 35.1 Å². The number of piperidine rings is 1. The molecule has 148 valence electrons. The molecule has 1 aliphatic carbocycles. The highest BCUT2D eigenvalue weighted by Crippen LogP contribution is 2.35. The molecule has 1 heterocycles. The number of hydrogen-bond donors (Lipinski definition) is 2. The maximum atomic E-state index is 12.7. The third kappa shape index (κ3) is 6.20. The van der Waals surface area contributed by atoms with Gasteiger partial charge in [-0.1, -0.05) is 43.2 Å². The van der Waals surface area contributed by atoms with E-state index >= 15 is 0 Å². The lowest BCUT2D eigenvalue weighted by molar-refractivity contribution is -0.137. The van der Waals surface area contributed by atoms with Crippen LogP contribution in [-0.2, 0) is 11.3 Å². The molecule has 2 fully saturated rings. The first kappa shape index (κ1) is 20.1. The smallest absolute Gasteiger partial charge is 0.222 e. The van der Waals surface area contributed by atoms with Crippen molar-refractivity contribution < 1.29 is 4.79 Å². The maximum Gasteiger partial charge on any atom is 0.222 e. The van der Waals surface area contributed by atoms with Crippen molar-refractivity contribution in [2.24, 2.45) is 5.92 Å². The molecule has 2 aliphatic rings. The van der Waals surface area contributed by atoms with E-state index < -0.39 is 0 Å². The zero-order chi connectivity index (χ0) is 18.9. The van der Waals surface area contributed by atoms with Gasteiger partial charge in [0.15, 0.2) is 5.11 Å². The maximum absolute atomic E-state index is 12.7. The number of amides is 1. The highest BCUT2D eigenvalue weighted by atomic mass is 32.1. The summed E-state index contributed by atoms with van der Waals surface area (Å²) in [5.41, 5.74) is 1.22. The van der Waals surface area contributed by atoms with E-state index in [-0.39, 0.29) is 0 Å². The van der Waals surface area contributed by atoms with Crippen LogP contribution in [0.3, 0.4) is 0 Å². The summed E-state index contributed by atoms with van der Waals surface area (Å²) >= 11 is 5.32. The molecule has 0 spiro atoms. The lowest BCUT2D eigenvalue weighted by Crippen LogP contribution is -2.49. The molecule has 0 bridgehead atoms. The summed E-state index contributed by atoms with van der Waals surface area (Å²) in [6.45, 7) is 2.54. The van der Waals surface area contributed by atoms with Crippen molar-refractivity contribution in [2.45, 2.75) is 70.4 Å². The van der Waals surface area contributed by atoms with Crippen molar-refractivity contribution in [1.29, 1.82) is 0 Å². The summed E-state index contributed by atoms with van der Waals surface area (Å²) in [5, 5.41) is 7.16. The van der Waals surface area contributed by atoms with E-state index in [0.717, 1.165) is 38.4 Å². The second-order valence-corrected chi connectivity index (χ2v) is 8.30. The molecular weight excluding hydrogens is 354 g/mol. The fourth-order valence-electron chi connectivity index (χ4n) is 4.52. The summed E-state index contributed by atoms with van der Waals surface area (Å²) in [4.78, 5) is 14.9. The van der Waals surface area contributed by atoms with Crippen molar-refractivity contribution in [3.05, 3.63) is 35.9 Å². The third-order valence-electron chi connectivity index (χ3n) is 5.96. The van der Waals surface area contributed by atoms with Gasteiger partial charge in [0, 0.05) is 32.1 Å². The zero-order valence-electron chi connectivity index (χ0n) is 16.3. The van der Waals surface area contributed by atoms with Gasteiger partial charge in [0.1, 0.15) is 0 Å². The van der Waals surface area contributed by atoms with Crippen molar-refractivity contribution in [3.8, 4) is 0 Å². The number of fused-ring (bicyclic) bond motifs is 1. The van der Waals surface area contributed by atoms with Gasteiger partial charge in [-0.25, -0.2) is 0 Å². The fraction of sp³-hybridized carbons (Fsp3) is 0.636. The predicted molar refractivity (Wildman–Crippen MR) is 114 cm³/mol. The molecule has 1 aliphatic heterocycles. The van der Waals surface area contributed by atoms with Crippen molar-refractivity contribution in [2.75, 3.05) is 13.1 Å². The average molecular weight is 388 g/mol. The number of thiocarbonyl (C=S) groups is 1. The number of likely N-dealkylation sites (tertiary alicyclic amines) is 1. The van der Waals surface area contributed by atoms with Gasteiger partial charge in [0.2, 0.25) is 5.91 Å². The Morgan fingerprint density at radius 1 is 1.04 bits per heavy atom. The van der Waals surface area contributed by atoms with Gasteiger partial charge in [-0.15, -0.1) is 0 Å². The molecule has 2 N–H and O–H groups in total. The summed E-state index contributed by atoms with van der Waals surface area (Å²) in [7, 11) is 0. The van der Waals surface area contributed by atoms with Gasteiger partial charge in [-0.3, -0.25) is 4.79 Å². The van der Waals surface area contributed by atoms with Gasteiger partial charge < -0.3 is 15.5 Å². The van der Waals surface area contributed by atoms with Crippen LogP contribution in [0.15, 0.2) is 30.3 Å². The summed E-state index contributed by atoms with van der Waals surface area (Å²) < 4.78 is 0. The number of benzene rings is 1. The SMILES string of the molecule is O=C(CCCCNC(=S)NCc1ccccc1)N1CCCC2CCCCC21. The first-order valence-electron chi connectivity index (χ1n) is 10.6. The highest BCUT2D eigenvalue weighted by molar-refractivity contribution is 7.80. The Hall–Kier alpha value is -1.62. The minimum absolute atomic E-state index is 0.372. The number of nitrogens with one attached hydrogen (secondary N) is 2. The molecule has 5 heteroatoms. The van der Waals surface area contributed by atoms with Crippen LogP contribution in [0.2, 0.25) is 0 Å². The van der Waals surface area contributed by atoms with E-state index in [0.29, 0.717) is 23.5 Å². The zero-order valence-corrected chi connectivity index (χ0v) is 17.1. The van der Waals surface area contributed by atoms with Gasteiger partial charge in [0.25, 0.3) is 0 Å². The van der Waals surface area contributed by atoms with Crippen LogP contribution in [0.1, 0.15) is 63.4 Å². The van der Waals surface area contributed by atoms with Crippen molar-refractivity contribution in [1.82, 2.24) is 15.5 Å². The first-order valence-corrected chi connectivity index (χ1v) is 11.0. The lowest BCUT2D eigenvalue weighted by atomic mass is 9.78. The molecule has 3 rings (SSSR count). The van der Waals surface area contributed by atoms with Crippen LogP contribution in [0.25, 0.3) is 0 Å². The first-order chi connectivity index (χ1) is 13.2. The normalized spacial score (nSPS) is 22.0. The Morgan fingerprint density at radius 2 is 1.81 bits per heavy atom. The molecule has 0 radical (unpaired) electrons. The van der Waals surface area contributed by atoms with Gasteiger partial charge in [-0.2, -0.15) is 0 Å². The Morgan fingerprint density at radius 3 is 2.67 bits per heavy atom. The molecule has 1 saturated heterocycles. The minimum Gasteiger partial charge on any atom is -0.363 e. The third-order valence-corrected chi connectivity index (χ3v) is 6.25. The molecule has 4 nitrogen and oxygen atoms in total. The standard InChI is InChI=1S/C22H33N3OS/c26-21(25-16-8-12-19-11-4-5-13-20(19)25)14-6-7-15-23-22(27)24-17-18-9-2-1-3-10-18/h1-3,9-10,19-20H,4-8,11-17H2,(H2,23,24,27). The molecule has 1 saturated carbocycles. The van der Waals surface area contributed by atoms with E-state index in [4.69, 9.17) is 12.2 Å². The minimum atomic E-state index is 0.372. The molecule has 1 aromatic carbocycles. The number of rotatable bonds is 7. The summed E-state index contributed by atoms with van der Waals surface area (Å²) in [5.74, 6) is 1.14. The van der Waals surface area contributed by atoms with E-state index in [1.54, 1.807) is 0 Å². The van der Waals surface area contributed by atoms with Gasteiger partial charge in [0.05, 0.1) is 0 Å². The highest BCUT2D eigenvalue weighted by Gasteiger charge is 2.35. The fourth-order valence-corrected chi connectivity index (χ4v) is 4.70. The molecular formula is C22H33N3OS. The van der Waals surface area contributed by atoms with Crippen LogP contribution in [0.5, 0.6) is 0 Å². The summed E-state index contributed by atoms with van der Waals surface area (Å²) in [6, 6.07) is 10.8. The van der Waals surface area contributed by atoms with Gasteiger partial charge >= 0.3 is 0 Å². The molecule has 2 atom stereocenters. The number of hydrogen-bond acceptors (Lipinski definition) is 2. The van der Waals surface area contributed by atoms with Crippen LogP contribution >= 0.6 is 12.2 Å². The number of nitrogens with zero attached hydrogens (tertiary/aromatic N) is 1. The van der Waals surface area contributed by atoms with E-state index in [2.05, 4.69) is 27.7 Å². The lowest BCUT2D eigenvalue weighted by Gasteiger charge is -2.44. The molecule has 0 aromatic heterocycles. The van der Waals surface area contributed by atoms with Crippen molar-refractivity contribution in [3.63, 3.8) is 0 Å². The van der Waals surface area contributed by atoms with Crippen LogP contribution in [0.4, 0.5) is 0 Å². The van der Waals surface area contributed by atoms with E-state index in [1.165, 1.54) is 44.1 Å². The molecule has 27 heavy (non-hydrogen) atoms. The predicted octanol–water partition coefficient (Wildman–Crippen LogP) is 4.00. The summed E-state index contributed by atoms with van der Waals surface area (Å²) in [6.07, 6.45) is 10.3. The monoisotopic (exact) mass is 387 g/mol. The Kier molecular flexibility index (Phi) is 7.93. The van der Waals surface area contributed by atoms with E-state index in [1.807, 2.05) is 18.2 Å². The van der Waals surface area contributed by atoms with Crippen LogP contribution < -0.4 is 10.6 Å². The van der Waals surface area contributed by atoms with Gasteiger partial charge in [-0.05, 0) is 62.2 Å². The Labute approximate surface area is 169 Å². The number of carbonyl (C=O) groups excluding carboxylic acids is 1. The average Bonchev–Trinajstić information content (AvgIpc) is 2.72. The molecule has 2 unspecified atom stereocenters. The molecule has 1 amide bonds. The second-order valence-electron chi connectivity index (χ2n) is 7.89. The second kappa shape index (κ2) is 10.6. The molecule has 1 aromatic rings. The topological polar surface area (TPSA) is 44.4 Å². The Balaban J connectivity index is 1.28. The van der Waals surface area contributed by atoms with Crippen molar-refractivity contribution >= 4 is 23.2 Å². The largest absolute Gasteiger partial charge is 0.363 e.